The van der Waals surface area contributed by atoms with Crippen LogP contribution < -0.4 is 9.80 Å². The number of hydrogen-bond donors (Lipinski definition) is 0. The van der Waals surface area contributed by atoms with E-state index in [0.717, 1.165) is 28.4 Å². The summed E-state index contributed by atoms with van der Waals surface area (Å²) in [6.07, 6.45) is 0. The Bertz CT molecular complexity index is 2560. The van der Waals surface area contributed by atoms with Crippen LogP contribution in [-0.2, 0) is 5.41 Å². The second-order valence-electron chi connectivity index (χ2n) is 15.4. The SMILES string of the molecule is Cc1ccc(N(c2ccc(C)cc2)c2ccc3c(c2)C(C)(C)c2c-3c3ccccc3c3cc(N(c4ccc(C)cc4)c4ccc(C)cc4)ccc23)cc1. The first-order valence-electron chi connectivity index (χ1n) is 18.7. The predicted molar refractivity (Wildman–Crippen MR) is 227 cm³/mol. The van der Waals surface area contributed by atoms with Gasteiger partial charge in [-0.3, -0.25) is 0 Å². The summed E-state index contributed by atoms with van der Waals surface area (Å²) in [7, 11) is 0. The van der Waals surface area contributed by atoms with E-state index in [1.54, 1.807) is 0 Å². The van der Waals surface area contributed by atoms with Crippen molar-refractivity contribution in [3.05, 3.63) is 191 Å². The minimum Gasteiger partial charge on any atom is -0.310 e. The molecule has 0 unspecified atom stereocenters. The van der Waals surface area contributed by atoms with Crippen LogP contribution in [0.2, 0.25) is 0 Å². The maximum Gasteiger partial charge on any atom is 0.0468 e. The topological polar surface area (TPSA) is 6.48 Å². The van der Waals surface area contributed by atoms with Crippen LogP contribution in [0.3, 0.4) is 0 Å². The van der Waals surface area contributed by atoms with Crippen LogP contribution in [0, 0.1) is 27.7 Å². The summed E-state index contributed by atoms with van der Waals surface area (Å²) < 4.78 is 0. The van der Waals surface area contributed by atoms with Crippen molar-refractivity contribution in [1.82, 2.24) is 0 Å². The number of fused-ring (bicyclic) bond motifs is 8. The lowest BCUT2D eigenvalue weighted by Crippen LogP contribution is -2.17. The lowest BCUT2D eigenvalue weighted by atomic mass is 9.79. The molecule has 0 spiro atoms. The summed E-state index contributed by atoms with van der Waals surface area (Å²) in [6.45, 7) is 13.4. The van der Waals surface area contributed by atoms with Crippen molar-refractivity contribution in [2.75, 3.05) is 9.80 Å². The number of benzene rings is 8. The van der Waals surface area contributed by atoms with Crippen LogP contribution in [0.25, 0.3) is 32.7 Å². The van der Waals surface area contributed by atoms with Gasteiger partial charge in [-0.1, -0.05) is 121 Å². The minimum absolute atomic E-state index is 0.232. The van der Waals surface area contributed by atoms with E-state index in [4.69, 9.17) is 0 Å². The van der Waals surface area contributed by atoms with E-state index >= 15 is 0 Å². The first-order chi connectivity index (χ1) is 25.7. The van der Waals surface area contributed by atoms with Crippen LogP contribution in [0.15, 0.2) is 158 Å². The quantitative estimate of drug-likeness (QED) is 0.161. The van der Waals surface area contributed by atoms with Crippen LogP contribution in [-0.4, -0.2) is 0 Å². The Morgan fingerprint density at radius 2 is 0.755 bits per heavy atom. The zero-order valence-electron chi connectivity index (χ0n) is 31.4. The lowest BCUT2D eigenvalue weighted by molar-refractivity contribution is 0.666. The van der Waals surface area contributed by atoms with Crippen LogP contribution in [0.1, 0.15) is 47.2 Å². The van der Waals surface area contributed by atoms with Gasteiger partial charge in [0.15, 0.2) is 0 Å². The van der Waals surface area contributed by atoms with Gasteiger partial charge in [-0.25, -0.2) is 0 Å². The summed E-state index contributed by atoms with van der Waals surface area (Å²) >= 11 is 0. The van der Waals surface area contributed by atoms with E-state index in [-0.39, 0.29) is 5.41 Å². The van der Waals surface area contributed by atoms with Gasteiger partial charge < -0.3 is 9.80 Å². The second kappa shape index (κ2) is 12.5. The molecule has 0 saturated carbocycles. The van der Waals surface area contributed by atoms with E-state index in [1.807, 2.05) is 0 Å². The van der Waals surface area contributed by atoms with Crippen LogP contribution in [0.4, 0.5) is 34.1 Å². The highest BCUT2D eigenvalue weighted by Gasteiger charge is 2.39. The average Bonchev–Trinajstić information content (AvgIpc) is 3.41. The Labute approximate surface area is 313 Å². The molecule has 0 bridgehead atoms. The molecule has 0 radical (unpaired) electrons. The highest BCUT2D eigenvalue weighted by atomic mass is 15.1. The molecule has 0 N–H and O–H groups in total. The molecular weight excluding hydrogens is 641 g/mol. The van der Waals surface area contributed by atoms with E-state index in [2.05, 4.69) is 209 Å². The molecule has 53 heavy (non-hydrogen) atoms. The lowest BCUT2D eigenvalue weighted by Gasteiger charge is -2.29. The van der Waals surface area contributed by atoms with Gasteiger partial charge in [-0.05, 0) is 144 Å². The highest BCUT2D eigenvalue weighted by Crippen LogP contribution is 2.56. The van der Waals surface area contributed by atoms with Gasteiger partial charge >= 0.3 is 0 Å². The highest BCUT2D eigenvalue weighted by molar-refractivity contribution is 6.19. The van der Waals surface area contributed by atoms with Gasteiger partial charge in [0.05, 0.1) is 0 Å². The Balaban J connectivity index is 1.24. The molecule has 0 heterocycles. The Morgan fingerprint density at radius 3 is 1.23 bits per heavy atom. The fourth-order valence-corrected chi connectivity index (χ4v) is 8.46. The van der Waals surface area contributed by atoms with E-state index in [0.29, 0.717) is 0 Å². The molecule has 0 aliphatic heterocycles. The summed E-state index contributed by atoms with van der Waals surface area (Å²) in [4.78, 5) is 4.78. The maximum absolute atomic E-state index is 2.44. The monoisotopic (exact) mass is 684 g/mol. The first kappa shape index (κ1) is 32.8. The number of anilines is 6. The molecule has 0 saturated heterocycles. The van der Waals surface area contributed by atoms with Gasteiger partial charge in [0, 0.05) is 39.5 Å². The van der Waals surface area contributed by atoms with Gasteiger partial charge in [-0.15, -0.1) is 0 Å². The molecule has 8 aromatic rings. The molecule has 0 fully saturated rings. The smallest absolute Gasteiger partial charge is 0.0468 e. The van der Waals surface area contributed by atoms with E-state index in [9.17, 15) is 0 Å². The normalized spacial score (nSPS) is 12.9. The van der Waals surface area contributed by atoms with Gasteiger partial charge in [0.1, 0.15) is 0 Å². The van der Waals surface area contributed by atoms with E-state index < -0.39 is 0 Å². The van der Waals surface area contributed by atoms with E-state index in [1.165, 1.54) is 71.7 Å². The molecule has 0 aromatic heterocycles. The number of rotatable bonds is 6. The van der Waals surface area contributed by atoms with Crippen LogP contribution >= 0.6 is 0 Å². The third-order valence-corrected chi connectivity index (χ3v) is 11.3. The van der Waals surface area contributed by atoms with Crippen LogP contribution in [0.5, 0.6) is 0 Å². The predicted octanol–water partition coefficient (Wildman–Crippen LogP) is 14.5. The van der Waals surface area contributed by atoms with Gasteiger partial charge in [-0.2, -0.15) is 0 Å². The Hall–Kier alpha value is -6.12. The average molecular weight is 685 g/mol. The van der Waals surface area contributed by atoms with Gasteiger partial charge in [0.25, 0.3) is 0 Å². The number of nitrogens with zero attached hydrogens (tertiary/aromatic N) is 2. The van der Waals surface area contributed by atoms with Crippen molar-refractivity contribution in [2.45, 2.75) is 47.0 Å². The molecular formula is C51H44N2. The zero-order valence-corrected chi connectivity index (χ0v) is 31.4. The van der Waals surface area contributed by atoms with Crippen molar-refractivity contribution in [1.29, 1.82) is 0 Å². The molecule has 9 rings (SSSR count). The third kappa shape index (κ3) is 5.49. The largest absolute Gasteiger partial charge is 0.310 e. The Kier molecular flexibility index (Phi) is 7.75. The van der Waals surface area contributed by atoms with Crippen molar-refractivity contribution in [3.8, 4) is 11.1 Å². The molecule has 1 aliphatic rings. The summed E-state index contributed by atoms with van der Waals surface area (Å²) in [5, 5.41) is 5.18. The molecule has 258 valence electrons. The fourth-order valence-electron chi connectivity index (χ4n) is 8.46. The summed E-state index contributed by atoms with van der Waals surface area (Å²) in [5.74, 6) is 0. The van der Waals surface area contributed by atoms with Crippen molar-refractivity contribution in [3.63, 3.8) is 0 Å². The first-order valence-corrected chi connectivity index (χ1v) is 18.7. The van der Waals surface area contributed by atoms with Crippen molar-refractivity contribution in [2.24, 2.45) is 0 Å². The minimum atomic E-state index is -0.232. The molecule has 2 heteroatoms. The molecule has 0 atom stereocenters. The number of aryl methyl sites for hydroxylation is 4. The number of hydrogen-bond acceptors (Lipinski definition) is 2. The molecule has 2 nitrogen and oxygen atoms in total. The maximum atomic E-state index is 2.44. The van der Waals surface area contributed by atoms with Crippen molar-refractivity contribution >= 4 is 55.7 Å². The summed E-state index contributed by atoms with van der Waals surface area (Å²) in [6, 6.07) is 58.7. The van der Waals surface area contributed by atoms with Crippen molar-refractivity contribution < 1.29 is 0 Å². The van der Waals surface area contributed by atoms with Gasteiger partial charge in [0.2, 0.25) is 0 Å². The third-order valence-electron chi connectivity index (χ3n) is 11.3. The standard InChI is InChI=1S/C51H44N2/c1-33-11-19-37(20-12-33)52(38-21-13-34(2)14-22-38)41-27-29-45-47(31-41)43-9-7-8-10-44(43)49-46-30-28-42(32-48(46)51(5,6)50(45)49)53(39-23-15-35(3)16-24-39)40-25-17-36(4)18-26-40/h7-32H,1-6H3. The second-order valence-corrected chi connectivity index (χ2v) is 15.4. The zero-order chi connectivity index (χ0) is 36.4. The Morgan fingerprint density at radius 1 is 0.358 bits per heavy atom. The summed E-state index contributed by atoms with van der Waals surface area (Å²) in [5.41, 5.74) is 17.2. The fraction of sp³-hybridized carbons (Fsp3) is 0.137. The molecule has 0 amide bonds. The molecule has 8 aromatic carbocycles. The molecule has 1 aliphatic carbocycles.